The molecule has 14 heavy (non-hydrogen) atoms. The molecule has 2 heteroatoms. The van der Waals surface area contributed by atoms with Crippen LogP contribution in [-0.2, 0) is 0 Å². The first-order chi connectivity index (χ1) is 6.79. The number of halogens is 1. The van der Waals surface area contributed by atoms with Crippen molar-refractivity contribution in [2.24, 2.45) is 0 Å². The van der Waals surface area contributed by atoms with E-state index in [0.717, 1.165) is 11.1 Å². The number of benzene rings is 1. The Morgan fingerprint density at radius 2 is 2.07 bits per heavy atom. The molecule has 0 spiro atoms. The molecule has 1 aromatic heterocycles. The van der Waals surface area contributed by atoms with Gasteiger partial charge in [-0.25, -0.2) is 4.39 Å². The van der Waals surface area contributed by atoms with Crippen LogP contribution in [0.5, 0.6) is 0 Å². The maximum Gasteiger partial charge on any atom is 0.125 e. The summed E-state index contributed by atoms with van der Waals surface area (Å²) in [6.07, 6.45) is 5.23. The van der Waals surface area contributed by atoms with Gasteiger partial charge in [0, 0.05) is 5.56 Å². The van der Waals surface area contributed by atoms with E-state index >= 15 is 0 Å². The maximum atomic E-state index is 13.1. The highest BCUT2D eigenvalue weighted by Gasteiger charge is 2.01. The van der Waals surface area contributed by atoms with E-state index in [9.17, 15) is 4.39 Å². The van der Waals surface area contributed by atoms with Crippen LogP contribution in [0.2, 0.25) is 0 Å². The van der Waals surface area contributed by atoms with Crippen molar-refractivity contribution >= 4 is 11.3 Å². The van der Waals surface area contributed by atoms with Crippen molar-refractivity contribution in [1.29, 1.82) is 0 Å². The molecule has 0 amide bonds. The van der Waals surface area contributed by atoms with Gasteiger partial charge in [0.15, 0.2) is 0 Å². The smallest absolute Gasteiger partial charge is 0.125 e. The van der Waals surface area contributed by atoms with Gasteiger partial charge in [0.05, 0.1) is 0 Å². The second-order valence-corrected chi connectivity index (χ2v) is 3.66. The molecule has 0 saturated heterocycles. The van der Waals surface area contributed by atoms with E-state index in [1.54, 1.807) is 11.3 Å². The van der Waals surface area contributed by atoms with Crippen molar-refractivity contribution in [1.82, 2.24) is 0 Å². The molecule has 0 aliphatic carbocycles. The lowest BCUT2D eigenvalue weighted by Gasteiger charge is -1.99. The predicted molar refractivity (Wildman–Crippen MR) is 57.6 cm³/mol. The Hall–Kier alpha value is -1.59. The van der Waals surface area contributed by atoms with E-state index in [-0.39, 0.29) is 5.82 Å². The van der Waals surface area contributed by atoms with Crippen LogP contribution in [0, 0.1) is 18.2 Å². The third-order valence-electron chi connectivity index (χ3n) is 1.92. The maximum absolute atomic E-state index is 13.1. The monoisotopic (exact) mass is 202 g/mol. The summed E-state index contributed by atoms with van der Waals surface area (Å²) in [5.41, 5.74) is 2.41. The predicted octanol–water partition coefficient (Wildman–Crippen LogP) is 3.54. The minimum Gasteiger partial charge on any atom is -0.207 e. The molecular weight excluding hydrogens is 195 g/mol. The zero-order valence-corrected chi connectivity index (χ0v) is 8.14. The van der Waals surface area contributed by atoms with Gasteiger partial charge >= 0.3 is 0 Å². The van der Waals surface area contributed by atoms with E-state index in [0.29, 0.717) is 5.56 Å². The van der Waals surface area contributed by atoms with Gasteiger partial charge in [-0.2, -0.15) is 11.3 Å². The van der Waals surface area contributed by atoms with Crippen LogP contribution in [0.3, 0.4) is 0 Å². The summed E-state index contributed by atoms with van der Waals surface area (Å²) < 4.78 is 13.1. The van der Waals surface area contributed by atoms with Crippen molar-refractivity contribution < 1.29 is 4.39 Å². The van der Waals surface area contributed by atoms with Gasteiger partial charge in [-0.05, 0) is 46.2 Å². The first-order valence-corrected chi connectivity index (χ1v) is 5.03. The molecule has 68 valence electrons. The largest absolute Gasteiger partial charge is 0.207 e. The Kier molecular flexibility index (Phi) is 2.34. The molecule has 0 N–H and O–H groups in total. The van der Waals surface area contributed by atoms with Gasteiger partial charge < -0.3 is 0 Å². The third-order valence-corrected chi connectivity index (χ3v) is 2.60. The molecular formula is C12H7FS. The molecule has 2 aromatic rings. The van der Waals surface area contributed by atoms with Crippen molar-refractivity contribution in [2.45, 2.75) is 0 Å². The fourth-order valence-electron chi connectivity index (χ4n) is 1.27. The van der Waals surface area contributed by atoms with Gasteiger partial charge in [-0.15, -0.1) is 6.42 Å². The molecule has 0 fully saturated rings. The number of terminal acetylenes is 1. The Balaban J connectivity index is 2.55. The number of thiophene rings is 1. The number of hydrogen-bond donors (Lipinski definition) is 0. The minimum atomic E-state index is -0.290. The van der Waals surface area contributed by atoms with Gasteiger partial charge in [0.1, 0.15) is 5.82 Å². The number of rotatable bonds is 1. The molecule has 2 rings (SSSR count). The Labute approximate surface area is 86.0 Å². The fraction of sp³-hybridized carbons (Fsp3) is 0. The molecule has 0 unspecified atom stereocenters. The zero-order chi connectivity index (χ0) is 9.97. The SMILES string of the molecule is C#Cc1cc(F)cc(-c2ccsc2)c1. The normalized spacial score (nSPS) is 9.71. The van der Waals surface area contributed by atoms with Crippen LogP contribution in [-0.4, -0.2) is 0 Å². The Bertz CT molecular complexity index is 478. The quantitative estimate of drug-likeness (QED) is 0.620. The fourth-order valence-corrected chi connectivity index (χ4v) is 1.93. The number of hydrogen-bond acceptors (Lipinski definition) is 1. The summed E-state index contributed by atoms with van der Waals surface area (Å²) >= 11 is 1.58. The molecule has 0 nitrogen and oxygen atoms in total. The van der Waals surface area contributed by atoms with E-state index in [1.807, 2.05) is 22.9 Å². The average molecular weight is 202 g/mol. The van der Waals surface area contributed by atoms with Crippen molar-refractivity contribution in [3.8, 4) is 23.5 Å². The highest BCUT2D eigenvalue weighted by molar-refractivity contribution is 7.08. The third kappa shape index (κ3) is 1.68. The van der Waals surface area contributed by atoms with E-state index in [2.05, 4.69) is 5.92 Å². The minimum absolute atomic E-state index is 0.290. The summed E-state index contributed by atoms with van der Waals surface area (Å²) in [6.45, 7) is 0. The van der Waals surface area contributed by atoms with Crippen molar-refractivity contribution in [2.75, 3.05) is 0 Å². The van der Waals surface area contributed by atoms with Gasteiger partial charge in [-0.3, -0.25) is 0 Å². The van der Waals surface area contributed by atoms with Gasteiger partial charge in [0.25, 0.3) is 0 Å². The van der Waals surface area contributed by atoms with Crippen molar-refractivity contribution in [3.05, 3.63) is 46.4 Å². The van der Waals surface area contributed by atoms with Crippen LogP contribution in [0.1, 0.15) is 5.56 Å². The lowest BCUT2D eigenvalue weighted by Crippen LogP contribution is -1.82. The summed E-state index contributed by atoms with van der Waals surface area (Å²) in [6, 6.07) is 6.60. The van der Waals surface area contributed by atoms with Crippen LogP contribution in [0.15, 0.2) is 35.0 Å². The molecule has 0 saturated carbocycles. The van der Waals surface area contributed by atoms with Crippen LogP contribution < -0.4 is 0 Å². The zero-order valence-electron chi connectivity index (χ0n) is 7.33. The van der Waals surface area contributed by atoms with Crippen LogP contribution in [0.25, 0.3) is 11.1 Å². The Morgan fingerprint density at radius 3 is 2.71 bits per heavy atom. The highest BCUT2D eigenvalue weighted by atomic mass is 32.1. The van der Waals surface area contributed by atoms with E-state index in [4.69, 9.17) is 6.42 Å². The second-order valence-electron chi connectivity index (χ2n) is 2.88. The molecule has 0 aliphatic rings. The highest BCUT2D eigenvalue weighted by Crippen LogP contribution is 2.23. The standard InChI is InChI=1S/C12H7FS/c1-2-9-5-11(7-12(13)6-9)10-3-4-14-8-10/h1,3-8H. The van der Waals surface area contributed by atoms with E-state index in [1.165, 1.54) is 12.1 Å². The molecule has 0 bridgehead atoms. The van der Waals surface area contributed by atoms with Gasteiger partial charge in [0.2, 0.25) is 0 Å². The summed E-state index contributed by atoms with van der Waals surface area (Å²) in [5.74, 6) is 2.14. The average Bonchev–Trinajstić information content (AvgIpc) is 2.69. The summed E-state index contributed by atoms with van der Waals surface area (Å²) in [4.78, 5) is 0. The summed E-state index contributed by atoms with van der Waals surface area (Å²) in [5, 5.41) is 3.92. The van der Waals surface area contributed by atoms with E-state index < -0.39 is 0 Å². The molecule has 1 heterocycles. The first kappa shape index (κ1) is 8.98. The molecule has 1 aromatic carbocycles. The first-order valence-electron chi connectivity index (χ1n) is 4.09. The molecule has 0 radical (unpaired) electrons. The van der Waals surface area contributed by atoms with Crippen molar-refractivity contribution in [3.63, 3.8) is 0 Å². The topological polar surface area (TPSA) is 0 Å². The lowest BCUT2D eigenvalue weighted by atomic mass is 10.1. The molecule has 0 aliphatic heterocycles. The second kappa shape index (κ2) is 3.65. The Morgan fingerprint density at radius 1 is 1.21 bits per heavy atom. The lowest BCUT2D eigenvalue weighted by molar-refractivity contribution is 0.628. The summed E-state index contributed by atoms with van der Waals surface area (Å²) in [7, 11) is 0. The van der Waals surface area contributed by atoms with Crippen LogP contribution >= 0.6 is 11.3 Å². The van der Waals surface area contributed by atoms with Gasteiger partial charge in [-0.1, -0.05) is 5.92 Å². The molecule has 0 atom stereocenters. The van der Waals surface area contributed by atoms with Crippen LogP contribution in [0.4, 0.5) is 4.39 Å².